The van der Waals surface area contributed by atoms with E-state index in [1.165, 1.54) is 6.07 Å². The molecule has 0 bridgehead atoms. The number of amides is 1. The van der Waals surface area contributed by atoms with Gasteiger partial charge >= 0.3 is 12.4 Å². The summed E-state index contributed by atoms with van der Waals surface area (Å²) < 4.78 is 77.9. The molecule has 2 rings (SSSR count). The predicted octanol–water partition coefficient (Wildman–Crippen LogP) is 2.80. The van der Waals surface area contributed by atoms with Gasteiger partial charge in [0.25, 0.3) is 5.91 Å². The van der Waals surface area contributed by atoms with Gasteiger partial charge in [-0.1, -0.05) is 0 Å². The van der Waals surface area contributed by atoms with Crippen LogP contribution in [-0.2, 0) is 11.0 Å². The molecule has 128 valence electrons. The lowest BCUT2D eigenvalue weighted by molar-refractivity contribution is -0.193. The highest BCUT2D eigenvalue weighted by Gasteiger charge is 2.61. The summed E-state index contributed by atoms with van der Waals surface area (Å²) in [5.74, 6) is -1.61. The minimum Gasteiger partial charge on any atom is -0.324 e. The molecule has 1 aromatic rings. The average molecular weight is 350 g/mol. The number of alkyl halides is 6. The molecule has 0 aliphatic carbocycles. The van der Waals surface area contributed by atoms with Crippen LogP contribution < -0.4 is 10.7 Å². The molecule has 1 heterocycles. The highest BCUT2D eigenvalue weighted by atomic mass is 19.4. The average Bonchev–Trinajstić information content (AvgIpc) is 2.97. The number of hydrazone groups is 1. The number of nitrogens with one attached hydrogen (secondary N) is 2. The van der Waals surface area contributed by atoms with E-state index in [0.29, 0.717) is 6.07 Å². The van der Waals surface area contributed by atoms with Crippen LogP contribution >= 0.6 is 0 Å². The maximum Gasteiger partial charge on any atom is 0.422 e. The first-order chi connectivity index (χ1) is 11.0. The molecule has 0 radical (unpaired) electrons. The Labute approximate surface area is 130 Å². The van der Waals surface area contributed by atoms with Gasteiger partial charge in [-0.05, 0) is 18.2 Å². The molecular formula is C13H8F6N4O. The van der Waals surface area contributed by atoms with E-state index >= 15 is 0 Å². The first-order valence-corrected chi connectivity index (χ1v) is 6.29. The third-order valence-electron chi connectivity index (χ3n) is 3.32. The Morgan fingerprint density at radius 3 is 2.42 bits per heavy atom. The molecule has 0 saturated heterocycles. The molecule has 24 heavy (non-hydrogen) atoms. The number of rotatable bonds is 2. The summed E-state index contributed by atoms with van der Waals surface area (Å²) in [5, 5.41) is 13.6. The first kappa shape index (κ1) is 17.6. The molecule has 11 heteroatoms. The van der Waals surface area contributed by atoms with Crippen LogP contribution in [0.3, 0.4) is 0 Å². The van der Waals surface area contributed by atoms with Crippen molar-refractivity contribution in [3.63, 3.8) is 0 Å². The van der Waals surface area contributed by atoms with Gasteiger partial charge in [0.1, 0.15) is 0 Å². The number of halogens is 6. The topological polar surface area (TPSA) is 77.3 Å². The lowest BCUT2D eigenvalue weighted by atomic mass is 9.95. The molecule has 2 N–H and O–H groups in total. The monoisotopic (exact) mass is 350 g/mol. The normalized spacial score (nSPS) is 20.4. The van der Waals surface area contributed by atoms with Crippen molar-refractivity contribution >= 4 is 17.8 Å². The zero-order chi connectivity index (χ0) is 18.2. The van der Waals surface area contributed by atoms with Gasteiger partial charge in [0, 0.05) is 18.3 Å². The fourth-order valence-electron chi connectivity index (χ4n) is 2.03. The van der Waals surface area contributed by atoms with Crippen LogP contribution in [0, 0.1) is 11.3 Å². The number of hydrogen-bond donors (Lipinski definition) is 2. The zero-order valence-electron chi connectivity index (χ0n) is 11.6. The zero-order valence-corrected chi connectivity index (χ0v) is 11.6. The Balaban J connectivity index is 2.35. The maximum absolute atomic E-state index is 13.1. The van der Waals surface area contributed by atoms with Crippen molar-refractivity contribution in [2.75, 3.05) is 5.32 Å². The van der Waals surface area contributed by atoms with Gasteiger partial charge in [0.15, 0.2) is 0 Å². The van der Waals surface area contributed by atoms with E-state index in [9.17, 15) is 31.1 Å². The first-order valence-electron chi connectivity index (χ1n) is 6.29. The summed E-state index contributed by atoms with van der Waals surface area (Å²) in [5.41, 5.74) is -4.00. The number of carbonyl (C=O) groups is 1. The molecular weight excluding hydrogens is 342 g/mol. The minimum atomic E-state index is -5.02. The van der Waals surface area contributed by atoms with E-state index in [0.717, 1.165) is 18.3 Å². The lowest BCUT2D eigenvalue weighted by Crippen LogP contribution is -2.60. The quantitative estimate of drug-likeness (QED) is 0.806. The molecule has 0 fully saturated rings. The number of nitrogens with zero attached hydrogens (tertiary/aromatic N) is 2. The molecule has 1 amide bonds. The van der Waals surface area contributed by atoms with Crippen molar-refractivity contribution in [2.24, 2.45) is 5.10 Å². The standard InChI is InChI=1S/C13H8F6N4O/c14-12(15,16)9-5-8(2-1-7(9)6-20)22-10(24)11(13(17,18)19)3-4-21-23-11/h1-2,4-5,23H,3H2,(H,22,24). The second-order valence-corrected chi connectivity index (χ2v) is 4.85. The van der Waals surface area contributed by atoms with Crippen molar-refractivity contribution in [1.82, 2.24) is 5.43 Å². The third kappa shape index (κ3) is 2.99. The third-order valence-corrected chi connectivity index (χ3v) is 3.32. The largest absolute Gasteiger partial charge is 0.422 e. The van der Waals surface area contributed by atoms with Crippen LogP contribution in [0.4, 0.5) is 32.0 Å². The Morgan fingerprint density at radius 2 is 1.96 bits per heavy atom. The summed E-state index contributed by atoms with van der Waals surface area (Å²) in [6, 6.07) is 3.39. The fourth-order valence-corrected chi connectivity index (χ4v) is 2.03. The summed E-state index contributed by atoms with van der Waals surface area (Å²) in [4.78, 5) is 12.0. The molecule has 0 aromatic heterocycles. The van der Waals surface area contributed by atoms with E-state index in [1.807, 2.05) is 0 Å². The molecule has 1 aliphatic rings. The Bertz CT molecular complexity index is 723. The second-order valence-electron chi connectivity index (χ2n) is 4.85. The van der Waals surface area contributed by atoms with Crippen LogP contribution in [0.2, 0.25) is 0 Å². The van der Waals surface area contributed by atoms with E-state index in [-0.39, 0.29) is 0 Å². The van der Waals surface area contributed by atoms with Crippen LogP contribution in [0.1, 0.15) is 17.5 Å². The van der Waals surface area contributed by atoms with Gasteiger partial charge in [-0.3, -0.25) is 10.2 Å². The molecule has 1 unspecified atom stereocenters. The number of hydrogen-bond acceptors (Lipinski definition) is 4. The highest BCUT2D eigenvalue weighted by molar-refractivity contribution is 6.01. The fraction of sp³-hybridized carbons (Fsp3) is 0.308. The van der Waals surface area contributed by atoms with Gasteiger partial charge in [0.2, 0.25) is 5.54 Å². The van der Waals surface area contributed by atoms with Gasteiger partial charge in [-0.15, -0.1) is 0 Å². The molecule has 0 spiro atoms. The van der Waals surface area contributed by atoms with E-state index < -0.39 is 47.0 Å². The van der Waals surface area contributed by atoms with E-state index in [1.54, 1.807) is 10.7 Å². The number of nitriles is 1. The molecule has 1 aliphatic heterocycles. The minimum absolute atomic E-state index is 0.399. The smallest absolute Gasteiger partial charge is 0.324 e. The lowest BCUT2D eigenvalue weighted by Gasteiger charge is -2.29. The number of carbonyl (C=O) groups excluding carboxylic acids is 1. The summed E-state index contributed by atoms with van der Waals surface area (Å²) in [6.07, 6.45) is -9.88. The van der Waals surface area contributed by atoms with Crippen molar-refractivity contribution in [3.8, 4) is 6.07 Å². The highest BCUT2D eigenvalue weighted by Crippen LogP contribution is 2.37. The molecule has 0 saturated carbocycles. The van der Waals surface area contributed by atoms with Gasteiger partial charge < -0.3 is 5.32 Å². The maximum atomic E-state index is 13.1. The molecule has 1 atom stereocenters. The van der Waals surface area contributed by atoms with Crippen molar-refractivity contribution in [2.45, 2.75) is 24.3 Å². The van der Waals surface area contributed by atoms with Gasteiger partial charge in [-0.25, -0.2) is 0 Å². The van der Waals surface area contributed by atoms with Gasteiger partial charge in [0.05, 0.1) is 17.2 Å². The summed E-state index contributed by atoms with van der Waals surface area (Å²) in [6.45, 7) is 0. The second kappa shape index (κ2) is 5.70. The van der Waals surface area contributed by atoms with Crippen LogP contribution in [0.25, 0.3) is 0 Å². The van der Waals surface area contributed by atoms with Crippen LogP contribution in [-0.4, -0.2) is 23.8 Å². The molecule has 1 aromatic carbocycles. The van der Waals surface area contributed by atoms with E-state index in [2.05, 4.69) is 5.10 Å². The van der Waals surface area contributed by atoms with Crippen LogP contribution in [0.15, 0.2) is 23.3 Å². The number of benzene rings is 1. The van der Waals surface area contributed by atoms with E-state index in [4.69, 9.17) is 5.26 Å². The van der Waals surface area contributed by atoms with Gasteiger partial charge in [-0.2, -0.15) is 36.7 Å². The van der Waals surface area contributed by atoms with Crippen molar-refractivity contribution in [3.05, 3.63) is 29.3 Å². The summed E-state index contributed by atoms with van der Waals surface area (Å²) >= 11 is 0. The van der Waals surface area contributed by atoms with Crippen molar-refractivity contribution < 1.29 is 31.1 Å². The molecule has 5 nitrogen and oxygen atoms in total. The SMILES string of the molecule is N#Cc1ccc(NC(=O)C2(C(F)(F)F)CC=NN2)cc1C(F)(F)F. The summed E-state index contributed by atoms with van der Waals surface area (Å²) in [7, 11) is 0. The Kier molecular flexibility index (Phi) is 4.18. The Morgan fingerprint density at radius 1 is 1.29 bits per heavy atom. The van der Waals surface area contributed by atoms with Crippen LogP contribution in [0.5, 0.6) is 0 Å². The number of anilines is 1. The Hall–Kier alpha value is -2.77. The van der Waals surface area contributed by atoms with Crippen molar-refractivity contribution in [1.29, 1.82) is 5.26 Å². The predicted molar refractivity (Wildman–Crippen MR) is 69.8 cm³/mol.